The third-order valence-electron chi connectivity index (χ3n) is 4.05. The molecule has 3 rings (SSSR count). The first-order chi connectivity index (χ1) is 8.78. The van der Waals surface area contributed by atoms with E-state index < -0.39 is 0 Å². The van der Waals surface area contributed by atoms with Crippen LogP contribution in [0.15, 0.2) is 18.2 Å². The maximum Gasteiger partial charge on any atom is 0.124 e. The second-order valence-electron chi connectivity index (χ2n) is 5.39. The Labute approximate surface area is 108 Å². The fraction of sp³-hybridized carbons (Fsp3) is 0.600. The van der Waals surface area contributed by atoms with Gasteiger partial charge in [0.1, 0.15) is 11.5 Å². The molecule has 1 heterocycles. The lowest BCUT2D eigenvalue weighted by atomic mass is 9.98. The molecule has 3 heteroatoms. The Morgan fingerprint density at radius 1 is 1.33 bits per heavy atom. The summed E-state index contributed by atoms with van der Waals surface area (Å²) in [5.74, 6) is 2.79. The highest BCUT2D eigenvalue weighted by atomic mass is 16.5. The van der Waals surface area contributed by atoms with Crippen LogP contribution in [-0.4, -0.2) is 19.8 Å². The molecule has 0 bridgehead atoms. The molecule has 0 spiro atoms. The van der Waals surface area contributed by atoms with E-state index in [0.29, 0.717) is 12.1 Å². The van der Waals surface area contributed by atoms with Crippen molar-refractivity contribution in [3.05, 3.63) is 23.8 Å². The van der Waals surface area contributed by atoms with Gasteiger partial charge in [-0.3, -0.25) is 0 Å². The molecule has 1 fully saturated rings. The van der Waals surface area contributed by atoms with Crippen molar-refractivity contribution in [3.8, 4) is 11.5 Å². The van der Waals surface area contributed by atoms with Gasteiger partial charge in [0.2, 0.25) is 0 Å². The number of hydrogen-bond donors (Lipinski definition) is 1. The SMILES string of the molecule is COc1ccc2c(c1)C(NC(C)C1CC1)CCO2. The summed E-state index contributed by atoms with van der Waals surface area (Å²) in [7, 11) is 1.71. The number of methoxy groups -OCH3 is 1. The number of rotatable bonds is 4. The standard InChI is InChI=1S/C15H21NO2/c1-10(11-3-4-11)16-14-7-8-18-15-6-5-12(17-2)9-13(14)15/h5-6,9-11,14,16H,3-4,7-8H2,1-2H3. The van der Waals surface area contributed by atoms with E-state index >= 15 is 0 Å². The molecule has 0 aromatic heterocycles. The molecule has 1 aromatic rings. The molecule has 1 saturated carbocycles. The fourth-order valence-electron chi connectivity index (χ4n) is 2.72. The molecule has 0 radical (unpaired) electrons. The van der Waals surface area contributed by atoms with E-state index in [2.05, 4.69) is 18.3 Å². The van der Waals surface area contributed by atoms with Gasteiger partial charge in [0.15, 0.2) is 0 Å². The monoisotopic (exact) mass is 247 g/mol. The summed E-state index contributed by atoms with van der Waals surface area (Å²) in [6.45, 7) is 3.10. The number of benzene rings is 1. The molecule has 0 saturated heterocycles. The lowest BCUT2D eigenvalue weighted by Crippen LogP contribution is -2.35. The van der Waals surface area contributed by atoms with Crippen LogP contribution in [-0.2, 0) is 0 Å². The molecular formula is C15H21NO2. The summed E-state index contributed by atoms with van der Waals surface area (Å²) in [6, 6.07) is 7.09. The van der Waals surface area contributed by atoms with E-state index in [1.165, 1.54) is 18.4 Å². The Hall–Kier alpha value is -1.22. The largest absolute Gasteiger partial charge is 0.497 e. The van der Waals surface area contributed by atoms with Crippen molar-refractivity contribution >= 4 is 0 Å². The Balaban J connectivity index is 1.80. The number of hydrogen-bond acceptors (Lipinski definition) is 3. The zero-order valence-corrected chi connectivity index (χ0v) is 11.1. The normalized spacial score (nSPS) is 24.0. The van der Waals surface area contributed by atoms with Crippen LogP contribution in [0.3, 0.4) is 0 Å². The molecule has 1 aliphatic carbocycles. The number of ether oxygens (including phenoxy) is 2. The lowest BCUT2D eigenvalue weighted by Gasteiger charge is -2.29. The van der Waals surface area contributed by atoms with E-state index in [1.54, 1.807) is 7.11 Å². The zero-order chi connectivity index (χ0) is 12.5. The van der Waals surface area contributed by atoms with Crippen molar-refractivity contribution in [2.24, 2.45) is 5.92 Å². The molecule has 2 aliphatic rings. The van der Waals surface area contributed by atoms with Gasteiger partial charge in [-0.2, -0.15) is 0 Å². The van der Waals surface area contributed by atoms with Crippen LogP contribution in [0.5, 0.6) is 11.5 Å². The van der Waals surface area contributed by atoms with Gasteiger partial charge in [-0.05, 0) is 43.9 Å². The average molecular weight is 247 g/mol. The Kier molecular flexibility index (Phi) is 3.16. The second-order valence-corrected chi connectivity index (χ2v) is 5.39. The summed E-state index contributed by atoms with van der Waals surface area (Å²) in [6.07, 6.45) is 3.79. The summed E-state index contributed by atoms with van der Waals surface area (Å²) in [5.41, 5.74) is 1.24. The summed E-state index contributed by atoms with van der Waals surface area (Å²) in [5, 5.41) is 3.75. The van der Waals surface area contributed by atoms with Gasteiger partial charge in [-0.15, -0.1) is 0 Å². The van der Waals surface area contributed by atoms with Crippen LogP contribution in [0.2, 0.25) is 0 Å². The maximum atomic E-state index is 5.72. The highest BCUT2D eigenvalue weighted by molar-refractivity contribution is 5.43. The van der Waals surface area contributed by atoms with E-state index in [9.17, 15) is 0 Å². The highest BCUT2D eigenvalue weighted by Crippen LogP contribution is 2.38. The minimum absolute atomic E-state index is 0.402. The zero-order valence-electron chi connectivity index (χ0n) is 11.1. The molecule has 3 nitrogen and oxygen atoms in total. The van der Waals surface area contributed by atoms with E-state index in [1.807, 2.05) is 12.1 Å². The fourth-order valence-corrected chi connectivity index (χ4v) is 2.72. The van der Waals surface area contributed by atoms with Gasteiger partial charge in [-0.1, -0.05) is 0 Å². The van der Waals surface area contributed by atoms with E-state index in [4.69, 9.17) is 9.47 Å². The van der Waals surface area contributed by atoms with E-state index in [-0.39, 0.29) is 0 Å². The van der Waals surface area contributed by atoms with Crippen molar-refractivity contribution < 1.29 is 9.47 Å². The molecule has 98 valence electrons. The topological polar surface area (TPSA) is 30.5 Å². The molecule has 18 heavy (non-hydrogen) atoms. The Morgan fingerprint density at radius 3 is 2.89 bits per heavy atom. The van der Waals surface area contributed by atoms with Gasteiger partial charge in [-0.25, -0.2) is 0 Å². The Bertz CT molecular complexity index is 429. The number of fused-ring (bicyclic) bond motifs is 1. The maximum absolute atomic E-state index is 5.72. The third kappa shape index (κ3) is 2.32. The highest BCUT2D eigenvalue weighted by Gasteiger charge is 2.31. The molecule has 2 atom stereocenters. The van der Waals surface area contributed by atoms with Crippen molar-refractivity contribution in [1.82, 2.24) is 5.32 Å². The lowest BCUT2D eigenvalue weighted by molar-refractivity contribution is 0.241. The van der Waals surface area contributed by atoms with Crippen LogP contribution in [0.25, 0.3) is 0 Å². The molecule has 1 aromatic carbocycles. The van der Waals surface area contributed by atoms with Gasteiger partial charge < -0.3 is 14.8 Å². The smallest absolute Gasteiger partial charge is 0.124 e. The molecule has 1 N–H and O–H groups in total. The predicted molar refractivity (Wildman–Crippen MR) is 71.2 cm³/mol. The molecule has 0 amide bonds. The minimum atomic E-state index is 0.402. The van der Waals surface area contributed by atoms with Gasteiger partial charge in [0, 0.05) is 24.1 Å². The molecule has 2 unspecified atom stereocenters. The predicted octanol–water partition coefficient (Wildman–Crippen LogP) is 2.91. The molecule has 1 aliphatic heterocycles. The van der Waals surface area contributed by atoms with Crippen molar-refractivity contribution in [3.63, 3.8) is 0 Å². The third-order valence-corrected chi connectivity index (χ3v) is 4.05. The van der Waals surface area contributed by atoms with Crippen LogP contribution in [0.4, 0.5) is 0 Å². The summed E-state index contributed by atoms with van der Waals surface area (Å²) < 4.78 is 11.0. The van der Waals surface area contributed by atoms with Crippen molar-refractivity contribution in [1.29, 1.82) is 0 Å². The van der Waals surface area contributed by atoms with Crippen LogP contribution >= 0.6 is 0 Å². The van der Waals surface area contributed by atoms with Gasteiger partial charge in [0.25, 0.3) is 0 Å². The number of nitrogens with one attached hydrogen (secondary N) is 1. The van der Waals surface area contributed by atoms with Crippen LogP contribution in [0, 0.1) is 5.92 Å². The van der Waals surface area contributed by atoms with Crippen LogP contribution in [0.1, 0.15) is 37.8 Å². The summed E-state index contributed by atoms with van der Waals surface area (Å²) in [4.78, 5) is 0. The summed E-state index contributed by atoms with van der Waals surface area (Å²) >= 11 is 0. The quantitative estimate of drug-likeness (QED) is 0.887. The molecular weight excluding hydrogens is 226 g/mol. The van der Waals surface area contributed by atoms with Gasteiger partial charge >= 0.3 is 0 Å². The van der Waals surface area contributed by atoms with Crippen molar-refractivity contribution in [2.75, 3.05) is 13.7 Å². The first-order valence-corrected chi connectivity index (χ1v) is 6.84. The average Bonchev–Trinajstić information content (AvgIpc) is 3.23. The first kappa shape index (κ1) is 11.8. The van der Waals surface area contributed by atoms with Gasteiger partial charge in [0.05, 0.1) is 13.7 Å². The van der Waals surface area contributed by atoms with E-state index in [0.717, 1.165) is 30.4 Å². The minimum Gasteiger partial charge on any atom is -0.497 e. The van der Waals surface area contributed by atoms with Crippen molar-refractivity contribution in [2.45, 2.75) is 38.3 Å². The van der Waals surface area contributed by atoms with Crippen LogP contribution < -0.4 is 14.8 Å². The Morgan fingerprint density at radius 2 is 2.17 bits per heavy atom. The second kappa shape index (κ2) is 4.81. The first-order valence-electron chi connectivity index (χ1n) is 6.84.